The molecule has 2 aliphatic rings. The van der Waals surface area contributed by atoms with Gasteiger partial charge >= 0.3 is 0 Å². The van der Waals surface area contributed by atoms with E-state index >= 15 is 0 Å². The highest BCUT2D eigenvalue weighted by Crippen LogP contribution is 2.53. The van der Waals surface area contributed by atoms with Crippen molar-refractivity contribution in [1.29, 1.82) is 0 Å². The number of aromatic nitrogens is 2. The Morgan fingerprint density at radius 3 is 2.69 bits per heavy atom. The number of hydrogen-bond acceptors (Lipinski definition) is 4. The summed E-state index contributed by atoms with van der Waals surface area (Å²) in [5.74, 6) is 0. The fourth-order valence-electron chi connectivity index (χ4n) is 2.01. The summed E-state index contributed by atoms with van der Waals surface area (Å²) in [4.78, 5) is 2.37. The molecule has 0 unspecified atom stereocenters. The number of rotatable bonds is 1. The molecule has 1 aliphatic carbocycles. The van der Waals surface area contributed by atoms with Crippen LogP contribution in [-0.2, 0) is 0 Å². The molecule has 13 heavy (non-hydrogen) atoms. The summed E-state index contributed by atoms with van der Waals surface area (Å²) in [6.45, 7) is 2.37. The largest absolute Gasteiger partial charge is 0.346 e. The second-order valence-corrected chi connectivity index (χ2v) is 6.24. The van der Waals surface area contributed by atoms with Gasteiger partial charge in [0, 0.05) is 13.1 Å². The van der Waals surface area contributed by atoms with Crippen molar-refractivity contribution in [1.82, 2.24) is 10.2 Å². The molecule has 3 rings (SSSR count). The molecule has 2 heterocycles. The minimum atomic E-state index is 0.679. The van der Waals surface area contributed by atoms with Crippen LogP contribution in [0.25, 0.3) is 0 Å². The van der Waals surface area contributed by atoms with Gasteiger partial charge in [0.05, 0.1) is 0 Å². The Kier molecular flexibility index (Phi) is 1.68. The van der Waals surface area contributed by atoms with Gasteiger partial charge in [0.2, 0.25) is 5.13 Å². The predicted molar refractivity (Wildman–Crippen MR) is 56.1 cm³/mol. The molecule has 0 bridgehead atoms. The van der Waals surface area contributed by atoms with E-state index in [1.165, 1.54) is 32.4 Å². The van der Waals surface area contributed by atoms with Crippen LogP contribution in [0.5, 0.6) is 0 Å². The van der Waals surface area contributed by atoms with Crippen LogP contribution in [0.3, 0.4) is 0 Å². The predicted octanol–water partition coefficient (Wildman–Crippen LogP) is 2.29. The lowest BCUT2D eigenvalue weighted by Gasteiger charge is -2.12. The van der Waals surface area contributed by atoms with Crippen LogP contribution in [0, 0.1) is 5.41 Å². The molecule has 1 spiro atoms. The summed E-state index contributed by atoms with van der Waals surface area (Å²) in [5.41, 5.74) is 0.679. The zero-order chi connectivity index (χ0) is 8.89. The first-order valence-electron chi connectivity index (χ1n) is 4.51. The monoisotopic (exact) mass is 259 g/mol. The van der Waals surface area contributed by atoms with E-state index in [9.17, 15) is 0 Å². The zero-order valence-corrected chi connectivity index (χ0v) is 9.57. The van der Waals surface area contributed by atoms with Crippen LogP contribution in [0.15, 0.2) is 3.92 Å². The smallest absolute Gasteiger partial charge is 0.209 e. The van der Waals surface area contributed by atoms with Gasteiger partial charge in [-0.25, -0.2) is 0 Å². The molecular weight excluding hydrogens is 250 g/mol. The zero-order valence-electron chi connectivity index (χ0n) is 7.16. The molecule has 3 nitrogen and oxygen atoms in total. The van der Waals surface area contributed by atoms with E-state index < -0.39 is 0 Å². The van der Waals surface area contributed by atoms with Crippen molar-refractivity contribution in [3.63, 3.8) is 0 Å². The summed E-state index contributed by atoms with van der Waals surface area (Å²) in [7, 11) is 0. The summed E-state index contributed by atoms with van der Waals surface area (Å²) < 4.78 is 0.888. The standard InChI is InChI=1S/C8H10BrN3S/c9-6-10-11-7(13-6)12-4-3-8(5-12)1-2-8/h1-5H2. The van der Waals surface area contributed by atoms with E-state index in [0.717, 1.165) is 9.05 Å². The Bertz CT molecular complexity index is 334. The van der Waals surface area contributed by atoms with Crippen molar-refractivity contribution in [2.45, 2.75) is 19.3 Å². The topological polar surface area (TPSA) is 29.0 Å². The number of hydrogen-bond donors (Lipinski definition) is 0. The highest BCUT2D eigenvalue weighted by Gasteiger charge is 2.48. The number of anilines is 1. The molecule has 0 N–H and O–H groups in total. The van der Waals surface area contributed by atoms with Crippen LogP contribution in [0.1, 0.15) is 19.3 Å². The van der Waals surface area contributed by atoms with Gasteiger partial charge in [-0.3, -0.25) is 0 Å². The van der Waals surface area contributed by atoms with Crippen molar-refractivity contribution in [2.75, 3.05) is 18.0 Å². The fourth-order valence-corrected chi connectivity index (χ4v) is 3.12. The molecule has 1 aliphatic heterocycles. The SMILES string of the molecule is Brc1nnc(N2CCC3(CC3)C2)s1. The van der Waals surface area contributed by atoms with E-state index in [-0.39, 0.29) is 0 Å². The Labute approximate surface area is 89.3 Å². The van der Waals surface area contributed by atoms with Gasteiger partial charge in [0.25, 0.3) is 0 Å². The normalized spacial score (nSPS) is 24.2. The second-order valence-electron chi connectivity index (χ2n) is 4.01. The van der Waals surface area contributed by atoms with Crippen molar-refractivity contribution in [2.24, 2.45) is 5.41 Å². The summed E-state index contributed by atoms with van der Waals surface area (Å²) in [6.07, 6.45) is 4.19. The molecule has 70 valence electrons. The first-order valence-corrected chi connectivity index (χ1v) is 6.12. The van der Waals surface area contributed by atoms with Gasteiger partial charge in [-0.2, -0.15) is 0 Å². The Hall–Kier alpha value is -0.160. The average molecular weight is 260 g/mol. The van der Waals surface area contributed by atoms with E-state index in [4.69, 9.17) is 0 Å². The highest BCUT2D eigenvalue weighted by molar-refractivity contribution is 9.11. The van der Waals surface area contributed by atoms with Crippen LogP contribution in [0.2, 0.25) is 0 Å². The molecule has 1 aromatic rings. The van der Waals surface area contributed by atoms with Crippen molar-refractivity contribution < 1.29 is 0 Å². The quantitative estimate of drug-likeness (QED) is 0.775. The molecular formula is C8H10BrN3S. The van der Waals surface area contributed by atoms with Gasteiger partial charge in [-0.1, -0.05) is 11.3 Å². The minimum Gasteiger partial charge on any atom is -0.346 e. The first kappa shape index (κ1) is 8.17. The van der Waals surface area contributed by atoms with Crippen LogP contribution >= 0.6 is 27.3 Å². The van der Waals surface area contributed by atoms with Gasteiger partial charge in [-0.15, -0.1) is 10.2 Å². The Morgan fingerprint density at radius 2 is 2.15 bits per heavy atom. The van der Waals surface area contributed by atoms with E-state index in [1.54, 1.807) is 11.3 Å². The molecule has 2 fully saturated rings. The van der Waals surface area contributed by atoms with Crippen molar-refractivity contribution in [3.8, 4) is 0 Å². The maximum atomic E-state index is 4.14. The van der Waals surface area contributed by atoms with E-state index in [0.29, 0.717) is 5.41 Å². The van der Waals surface area contributed by atoms with Crippen LogP contribution in [-0.4, -0.2) is 23.3 Å². The average Bonchev–Trinajstić information content (AvgIpc) is 2.55. The second kappa shape index (κ2) is 2.67. The number of nitrogens with zero attached hydrogens (tertiary/aromatic N) is 3. The lowest BCUT2D eigenvalue weighted by Crippen LogP contribution is -2.19. The minimum absolute atomic E-state index is 0.679. The Morgan fingerprint density at radius 1 is 1.31 bits per heavy atom. The lowest BCUT2D eigenvalue weighted by atomic mass is 10.1. The van der Waals surface area contributed by atoms with Crippen LogP contribution < -0.4 is 4.90 Å². The van der Waals surface area contributed by atoms with Gasteiger partial charge in [0.1, 0.15) is 0 Å². The first-order chi connectivity index (χ1) is 6.27. The third-order valence-corrected chi connectivity index (χ3v) is 4.47. The van der Waals surface area contributed by atoms with E-state index in [2.05, 4.69) is 31.0 Å². The maximum absolute atomic E-state index is 4.14. The van der Waals surface area contributed by atoms with Crippen LogP contribution in [0.4, 0.5) is 5.13 Å². The van der Waals surface area contributed by atoms with Crippen molar-refractivity contribution in [3.05, 3.63) is 3.92 Å². The van der Waals surface area contributed by atoms with Gasteiger partial charge in [-0.05, 0) is 40.6 Å². The molecule has 0 amide bonds. The third kappa shape index (κ3) is 1.38. The highest BCUT2D eigenvalue weighted by atomic mass is 79.9. The molecule has 1 aromatic heterocycles. The molecule has 0 atom stereocenters. The molecule has 1 saturated heterocycles. The summed E-state index contributed by atoms with van der Waals surface area (Å²) >= 11 is 4.98. The molecule has 0 aromatic carbocycles. The third-order valence-electron chi connectivity index (χ3n) is 3.06. The molecule has 1 saturated carbocycles. The molecule has 0 radical (unpaired) electrons. The maximum Gasteiger partial charge on any atom is 0.209 e. The van der Waals surface area contributed by atoms with E-state index in [1.807, 2.05) is 0 Å². The van der Waals surface area contributed by atoms with Gasteiger partial charge < -0.3 is 4.90 Å². The summed E-state index contributed by atoms with van der Waals surface area (Å²) in [6, 6.07) is 0. The summed E-state index contributed by atoms with van der Waals surface area (Å²) in [5, 5.41) is 9.19. The Balaban J connectivity index is 1.80. The molecule has 5 heteroatoms. The lowest BCUT2D eigenvalue weighted by molar-refractivity contribution is 0.581. The number of halogens is 1. The van der Waals surface area contributed by atoms with Crippen molar-refractivity contribution >= 4 is 32.4 Å². The van der Waals surface area contributed by atoms with Gasteiger partial charge in [0.15, 0.2) is 3.92 Å². The fraction of sp³-hybridized carbons (Fsp3) is 0.750.